The van der Waals surface area contributed by atoms with Crippen molar-refractivity contribution in [2.75, 3.05) is 39.1 Å². The summed E-state index contributed by atoms with van der Waals surface area (Å²) in [7, 11) is 6.32. The van der Waals surface area contributed by atoms with Crippen LogP contribution in [0.4, 0.5) is 11.4 Å². The second-order valence-electron chi connectivity index (χ2n) is 13.8. The van der Waals surface area contributed by atoms with Crippen LogP contribution in [0.5, 0.6) is 23.0 Å². The number of rotatable bonds is 11. The normalized spacial score (nSPS) is 10.5. The van der Waals surface area contributed by atoms with Gasteiger partial charge in [-0.3, -0.25) is 9.59 Å². The Kier molecular flexibility index (Phi) is 12.5. The fraction of sp³-hybridized carbons (Fsp3) is 0.104. The highest BCUT2D eigenvalue weighted by Gasteiger charge is 2.22. The maximum Gasteiger partial charge on any atom is 0.337 e. The Balaban J connectivity index is 0.000000192. The van der Waals surface area contributed by atoms with Gasteiger partial charge in [0.15, 0.2) is 22.6 Å². The molecule has 0 radical (unpaired) electrons. The summed E-state index contributed by atoms with van der Waals surface area (Å²) in [5.41, 5.74) is 6.04. The van der Waals surface area contributed by atoms with Crippen LogP contribution in [0.2, 0.25) is 0 Å². The Labute approximate surface area is 364 Å². The van der Waals surface area contributed by atoms with E-state index in [-0.39, 0.29) is 28.2 Å². The number of carboxylic acid groups (broad SMARTS) is 1. The molecular weight excluding hydrogens is 821 g/mol. The van der Waals surface area contributed by atoms with Crippen LogP contribution in [0.15, 0.2) is 118 Å². The number of hydrogen-bond acceptors (Lipinski definition) is 13. The van der Waals surface area contributed by atoms with Crippen LogP contribution in [-0.2, 0) is 0 Å². The molecule has 2 amide bonds. The van der Waals surface area contributed by atoms with Crippen LogP contribution in [0, 0.1) is 29.6 Å². The second-order valence-corrected chi connectivity index (χ2v) is 13.8. The van der Waals surface area contributed by atoms with E-state index in [1.165, 1.54) is 18.2 Å². The number of nitrogens with zero attached hydrogens (tertiary/aromatic N) is 4. The predicted molar refractivity (Wildman–Crippen MR) is 235 cm³/mol. The number of nitriles is 2. The Morgan fingerprint density at radius 3 is 1.48 bits per heavy atom. The van der Waals surface area contributed by atoms with Crippen LogP contribution < -0.4 is 29.6 Å². The Morgan fingerprint density at radius 2 is 1.05 bits per heavy atom. The van der Waals surface area contributed by atoms with E-state index in [9.17, 15) is 19.5 Å². The minimum Gasteiger partial charge on any atom is -0.497 e. The first-order chi connectivity index (χ1) is 31.0. The van der Waals surface area contributed by atoms with Gasteiger partial charge in [0.05, 0.1) is 73.7 Å². The number of fused-ring (bicyclic) bond motifs is 2. The lowest BCUT2D eigenvalue weighted by Crippen LogP contribution is -2.15. The number of carbonyl (C=O) groups is 3. The number of aromatic nitrogens is 2. The highest BCUT2D eigenvalue weighted by atomic mass is 16.5. The topological polar surface area (TPSA) is 232 Å². The first-order valence-electron chi connectivity index (χ1n) is 19.1. The van der Waals surface area contributed by atoms with Gasteiger partial charge in [-0.2, -0.15) is 10.5 Å². The third-order valence-electron chi connectivity index (χ3n) is 10.0. The summed E-state index contributed by atoms with van der Waals surface area (Å²) in [6.07, 6.45) is 0. The minimum absolute atomic E-state index is 0.0191. The molecule has 0 saturated carbocycles. The van der Waals surface area contributed by atoms with Crippen LogP contribution in [0.1, 0.15) is 48.0 Å². The second kappa shape index (κ2) is 18.6. The van der Waals surface area contributed by atoms with Crippen molar-refractivity contribution < 1.29 is 47.5 Å². The van der Waals surface area contributed by atoms with Crippen molar-refractivity contribution in [2.45, 2.75) is 6.92 Å². The third-order valence-corrected chi connectivity index (χ3v) is 10.0. The van der Waals surface area contributed by atoms with Gasteiger partial charge in [0.2, 0.25) is 0 Å². The average Bonchev–Trinajstić information content (AvgIpc) is 3.96. The van der Waals surface area contributed by atoms with Gasteiger partial charge < -0.3 is 43.7 Å². The van der Waals surface area contributed by atoms with E-state index in [4.69, 9.17) is 38.5 Å². The van der Waals surface area contributed by atoms with Crippen LogP contribution in [-0.4, -0.2) is 61.6 Å². The number of nitrogens with one attached hydrogen (secondary N) is 2. The lowest BCUT2D eigenvalue weighted by atomic mass is 10.0. The smallest absolute Gasteiger partial charge is 0.337 e. The van der Waals surface area contributed by atoms with E-state index in [1.54, 1.807) is 83.0 Å². The molecule has 64 heavy (non-hydrogen) atoms. The maximum atomic E-state index is 13.0. The molecule has 16 heteroatoms. The molecule has 16 nitrogen and oxygen atoms in total. The molecule has 8 aromatic rings. The first kappa shape index (κ1) is 43.0. The summed E-state index contributed by atoms with van der Waals surface area (Å²) >= 11 is 0. The van der Waals surface area contributed by atoms with E-state index in [0.29, 0.717) is 56.2 Å². The molecule has 0 spiro atoms. The summed E-state index contributed by atoms with van der Waals surface area (Å²) in [5, 5.41) is 41.7. The fourth-order valence-electron chi connectivity index (χ4n) is 6.76. The molecule has 0 aliphatic rings. The SMILES string of the molecule is COc1ccc(OC)c(-c2ccc3onc(C(=O)Nc4ccc(C#N)cc4C(=O)O)c3c2)c1.COc1ccc(OC)c(-c2ccc3onc(C(=O)Nc4ccc(C#N)cc4C)c3c2)c1. The van der Waals surface area contributed by atoms with Gasteiger partial charge in [0.25, 0.3) is 11.8 Å². The number of anilines is 2. The number of hydrogen-bond donors (Lipinski definition) is 3. The highest BCUT2D eigenvalue weighted by molar-refractivity contribution is 6.13. The third kappa shape index (κ3) is 8.83. The molecule has 6 aromatic carbocycles. The van der Waals surface area contributed by atoms with Crippen molar-refractivity contribution >= 4 is 51.1 Å². The molecule has 318 valence electrons. The maximum absolute atomic E-state index is 13.0. The van der Waals surface area contributed by atoms with Crippen LogP contribution >= 0.6 is 0 Å². The van der Waals surface area contributed by atoms with Gasteiger partial charge in [0, 0.05) is 16.8 Å². The predicted octanol–water partition coefficient (Wildman–Crippen LogP) is 9.28. The largest absolute Gasteiger partial charge is 0.497 e. The summed E-state index contributed by atoms with van der Waals surface area (Å²) < 4.78 is 32.2. The molecule has 0 unspecified atom stereocenters. The number of methoxy groups -OCH3 is 4. The van der Waals surface area contributed by atoms with Gasteiger partial charge in [-0.15, -0.1) is 0 Å². The zero-order chi connectivity index (χ0) is 45.5. The van der Waals surface area contributed by atoms with Crippen molar-refractivity contribution in [3.05, 3.63) is 143 Å². The number of amides is 2. The quantitative estimate of drug-likeness (QED) is 0.110. The summed E-state index contributed by atoms with van der Waals surface area (Å²) in [6.45, 7) is 1.82. The molecule has 2 aromatic heterocycles. The minimum atomic E-state index is -1.28. The van der Waals surface area contributed by atoms with Gasteiger partial charge in [-0.05, 0) is 121 Å². The Bertz CT molecular complexity index is 3190. The summed E-state index contributed by atoms with van der Waals surface area (Å²) in [5.74, 6) is 0.278. The monoisotopic (exact) mass is 856 g/mol. The number of carboxylic acids is 1. The zero-order valence-corrected chi connectivity index (χ0v) is 34.8. The van der Waals surface area contributed by atoms with E-state index in [0.717, 1.165) is 27.8 Å². The van der Waals surface area contributed by atoms with Crippen LogP contribution in [0.3, 0.4) is 0 Å². The average molecular weight is 857 g/mol. The highest BCUT2D eigenvalue weighted by Crippen LogP contribution is 2.37. The number of ether oxygens (including phenoxy) is 4. The van der Waals surface area contributed by atoms with Crippen molar-refractivity contribution in [3.8, 4) is 57.4 Å². The van der Waals surface area contributed by atoms with Crippen molar-refractivity contribution in [3.63, 3.8) is 0 Å². The van der Waals surface area contributed by atoms with E-state index in [1.807, 2.05) is 49.4 Å². The molecule has 0 fully saturated rings. The van der Waals surface area contributed by atoms with Gasteiger partial charge >= 0.3 is 5.97 Å². The van der Waals surface area contributed by atoms with E-state index < -0.39 is 17.8 Å². The molecule has 0 aliphatic heterocycles. The summed E-state index contributed by atoms with van der Waals surface area (Å²) in [6, 6.07) is 34.5. The summed E-state index contributed by atoms with van der Waals surface area (Å²) in [4.78, 5) is 37.4. The van der Waals surface area contributed by atoms with E-state index >= 15 is 0 Å². The molecule has 8 rings (SSSR count). The lowest BCUT2D eigenvalue weighted by molar-refractivity contribution is 0.0697. The molecule has 3 N–H and O–H groups in total. The molecule has 2 heterocycles. The fourth-order valence-corrected chi connectivity index (χ4v) is 6.76. The lowest BCUT2D eigenvalue weighted by Gasteiger charge is -2.11. The molecule has 0 saturated heterocycles. The molecular formula is C48H36N6O10. The van der Waals surface area contributed by atoms with Crippen molar-refractivity contribution in [2.24, 2.45) is 0 Å². The standard InChI is InChI=1S/C24H17N3O6.C24H19N3O4/c1-31-15-5-8-20(32-2)16(11-15)14-4-7-21-18(10-14)22(27-33-21)23(28)26-19-6-3-13(12-25)9-17(19)24(29)30;1-14-10-15(13-25)4-7-20(14)26-24(28)23-19-11-16(5-8-22(19)31-27-23)18-12-17(29-2)6-9-21(18)30-3/h3-11H,1-2H3,(H,26,28)(H,29,30);4-12H,1-3H3,(H,26,28). The number of aryl methyl sites for hydroxylation is 1. The molecule has 0 aliphatic carbocycles. The number of aromatic carboxylic acids is 1. The van der Waals surface area contributed by atoms with Crippen LogP contribution in [0.25, 0.3) is 44.2 Å². The van der Waals surface area contributed by atoms with Gasteiger partial charge in [-0.1, -0.05) is 22.4 Å². The Morgan fingerprint density at radius 1 is 0.578 bits per heavy atom. The Hall–Kier alpha value is -9.15. The first-order valence-corrected chi connectivity index (χ1v) is 19.1. The zero-order valence-electron chi connectivity index (χ0n) is 34.8. The molecule has 0 atom stereocenters. The van der Waals surface area contributed by atoms with E-state index in [2.05, 4.69) is 27.0 Å². The molecule has 0 bridgehead atoms. The van der Waals surface area contributed by atoms with Gasteiger partial charge in [-0.25, -0.2) is 4.79 Å². The number of carbonyl (C=O) groups excluding carboxylic acids is 2. The van der Waals surface area contributed by atoms with Crippen molar-refractivity contribution in [1.82, 2.24) is 10.3 Å². The van der Waals surface area contributed by atoms with Crippen molar-refractivity contribution in [1.29, 1.82) is 10.5 Å². The van der Waals surface area contributed by atoms with Gasteiger partial charge in [0.1, 0.15) is 23.0 Å². The number of benzene rings is 6.